The first-order valence-electron chi connectivity index (χ1n) is 10.3. The molecule has 1 heterocycles. The summed E-state index contributed by atoms with van der Waals surface area (Å²) in [7, 11) is -2.35. The number of hydrogen-bond acceptors (Lipinski definition) is 4. The molecule has 1 aromatic heterocycles. The number of nitrogens with zero attached hydrogens (tertiary/aromatic N) is 1. The van der Waals surface area contributed by atoms with E-state index in [0.717, 1.165) is 28.4 Å². The molecule has 1 amide bonds. The van der Waals surface area contributed by atoms with Gasteiger partial charge in [-0.3, -0.25) is 4.79 Å². The minimum absolute atomic E-state index is 0.0618. The summed E-state index contributed by atoms with van der Waals surface area (Å²) in [6.45, 7) is 4.44. The van der Waals surface area contributed by atoms with Gasteiger partial charge in [-0.25, -0.2) is 8.42 Å². The smallest absolute Gasteiger partial charge is 0.242 e. The summed E-state index contributed by atoms with van der Waals surface area (Å²) in [6.07, 6.45) is 0. The molecule has 4 rings (SSSR count). The fraction of sp³-hybridized carbons (Fsp3) is 0.208. The Labute approximate surface area is 187 Å². The fourth-order valence-electron chi connectivity index (χ4n) is 3.83. The van der Waals surface area contributed by atoms with Crippen molar-refractivity contribution in [2.24, 2.45) is 0 Å². The molecule has 32 heavy (non-hydrogen) atoms. The Morgan fingerprint density at radius 3 is 2.38 bits per heavy atom. The summed E-state index contributed by atoms with van der Waals surface area (Å²) < 4.78 is 34.9. The number of anilines is 1. The normalized spacial score (nSPS) is 12.7. The second-order valence-electron chi connectivity index (χ2n) is 7.50. The molecule has 0 saturated carbocycles. The quantitative estimate of drug-likeness (QED) is 0.442. The van der Waals surface area contributed by atoms with Gasteiger partial charge < -0.3 is 14.6 Å². The van der Waals surface area contributed by atoms with Crippen molar-refractivity contribution in [1.82, 2.24) is 9.29 Å². The van der Waals surface area contributed by atoms with Crippen LogP contribution in [-0.2, 0) is 21.4 Å². The SMILES string of the molecule is CCn1c2ccccc2c2cc(NC(=O)[C@H](C)NS(=O)(=O)c3ccc(OC)cc3)ccc21. The van der Waals surface area contributed by atoms with Crippen molar-refractivity contribution < 1.29 is 17.9 Å². The number of rotatable bonds is 7. The van der Waals surface area contributed by atoms with Gasteiger partial charge in [-0.2, -0.15) is 4.72 Å². The van der Waals surface area contributed by atoms with Crippen LogP contribution in [0.3, 0.4) is 0 Å². The first-order chi connectivity index (χ1) is 15.3. The van der Waals surface area contributed by atoms with E-state index >= 15 is 0 Å². The zero-order chi connectivity index (χ0) is 22.9. The van der Waals surface area contributed by atoms with E-state index < -0.39 is 22.0 Å². The van der Waals surface area contributed by atoms with Crippen molar-refractivity contribution in [2.45, 2.75) is 31.3 Å². The van der Waals surface area contributed by atoms with Crippen LogP contribution in [0, 0.1) is 0 Å². The van der Waals surface area contributed by atoms with E-state index in [4.69, 9.17) is 4.74 Å². The number of nitrogens with one attached hydrogen (secondary N) is 2. The topological polar surface area (TPSA) is 89.4 Å². The summed E-state index contributed by atoms with van der Waals surface area (Å²) in [6, 6.07) is 18.9. The van der Waals surface area contributed by atoms with E-state index in [9.17, 15) is 13.2 Å². The van der Waals surface area contributed by atoms with Crippen LogP contribution in [0.4, 0.5) is 5.69 Å². The molecular formula is C24H25N3O4S. The average molecular weight is 452 g/mol. The van der Waals surface area contributed by atoms with Crippen molar-refractivity contribution in [3.63, 3.8) is 0 Å². The lowest BCUT2D eigenvalue weighted by molar-refractivity contribution is -0.117. The number of para-hydroxylation sites is 1. The number of amides is 1. The molecule has 1 atom stereocenters. The first-order valence-corrected chi connectivity index (χ1v) is 11.8. The van der Waals surface area contributed by atoms with Crippen molar-refractivity contribution in [3.05, 3.63) is 66.7 Å². The lowest BCUT2D eigenvalue weighted by Gasteiger charge is -2.15. The molecule has 0 saturated heterocycles. The summed E-state index contributed by atoms with van der Waals surface area (Å²) >= 11 is 0. The fourth-order valence-corrected chi connectivity index (χ4v) is 5.03. The van der Waals surface area contributed by atoms with Gasteiger partial charge in [0.15, 0.2) is 0 Å². The largest absolute Gasteiger partial charge is 0.497 e. The second kappa shape index (κ2) is 8.64. The zero-order valence-electron chi connectivity index (χ0n) is 18.1. The number of benzene rings is 3. The van der Waals surface area contributed by atoms with E-state index in [1.165, 1.54) is 26.2 Å². The lowest BCUT2D eigenvalue weighted by Crippen LogP contribution is -2.41. The van der Waals surface area contributed by atoms with E-state index in [1.54, 1.807) is 12.1 Å². The first kappa shape index (κ1) is 21.9. The number of aryl methyl sites for hydroxylation is 1. The Bertz CT molecular complexity index is 1390. The third-order valence-corrected chi connectivity index (χ3v) is 7.01. The van der Waals surface area contributed by atoms with Crippen LogP contribution in [-0.4, -0.2) is 32.0 Å². The van der Waals surface area contributed by atoms with Crippen LogP contribution >= 0.6 is 0 Å². The van der Waals surface area contributed by atoms with Crippen LogP contribution in [0.5, 0.6) is 5.75 Å². The van der Waals surface area contributed by atoms with Crippen LogP contribution in [0.25, 0.3) is 21.8 Å². The van der Waals surface area contributed by atoms with E-state index in [1.807, 2.05) is 30.3 Å². The highest BCUT2D eigenvalue weighted by Crippen LogP contribution is 2.31. The maximum absolute atomic E-state index is 12.7. The third-order valence-electron chi connectivity index (χ3n) is 5.45. The molecular weight excluding hydrogens is 426 g/mol. The van der Waals surface area contributed by atoms with Gasteiger partial charge in [0.05, 0.1) is 18.0 Å². The summed E-state index contributed by atoms with van der Waals surface area (Å²) in [4.78, 5) is 12.8. The maximum Gasteiger partial charge on any atom is 0.242 e. The Balaban J connectivity index is 1.54. The predicted molar refractivity (Wildman–Crippen MR) is 127 cm³/mol. The highest BCUT2D eigenvalue weighted by Gasteiger charge is 2.22. The molecule has 3 aromatic carbocycles. The van der Waals surface area contributed by atoms with Gasteiger partial charge in [0.25, 0.3) is 0 Å². The van der Waals surface area contributed by atoms with Crippen molar-refractivity contribution >= 4 is 43.4 Å². The number of aromatic nitrogens is 1. The van der Waals surface area contributed by atoms with Crippen molar-refractivity contribution in [1.29, 1.82) is 0 Å². The maximum atomic E-state index is 12.7. The summed E-state index contributed by atoms with van der Waals surface area (Å²) in [5, 5.41) is 4.96. The average Bonchev–Trinajstić information content (AvgIpc) is 3.11. The van der Waals surface area contributed by atoms with Gasteiger partial charge in [-0.1, -0.05) is 18.2 Å². The minimum Gasteiger partial charge on any atom is -0.497 e. The number of ether oxygens (including phenoxy) is 1. The van der Waals surface area contributed by atoms with Crippen LogP contribution in [0.1, 0.15) is 13.8 Å². The van der Waals surface area contributed by atoms with Gasteiger partial charge in [0.1, 0.15) is 5.75 Å². The molecule has 2 N–H and O–H groups in total. The zero-order valence-corrected chi connectivity index (χ0v) is 18.9. The molecule has 166 valence electrons. The molecule has 0 aliphatic carbocycles. The summed E-state index contributed by atoms with van der Waals surface area (Å²) in [5.74, 6) is 0.107. The molecule has 0 bridgehead atoms. The summed E-state index contributed by atoms with van der Waals surface area (Å²) in [5.41, 5.74) is 2.83. The number of carbonyl (C=O) groups is 1. The van der Waals surface area contributed by atoms with Crippen molar-refractivity contribution in [3.8, 4) is 5.75 Å². The third kappa shape index (κ3) is 4.06. The van der Waals surface area contributed by atoms with Crippen molar-refractivity contribution in [2.75, 3.05) is 12.4 Å². The molecule has 0 radical (unpaired) electrons. The van der Waals surface area contributed by atoms with E-state index in [-0.39, 0.29) is 4.90 Å². The van der Waals surface area contributed by atoms with Crippen LogP contribution < -0.4 is 14.8 Å². The number of methoxy groups -OCH3 is 1. The van der Waals surface area contributed by atoms with E-state index in [2.05, 4.69) is 33.7 Å². The molecule has 7 nitrogen and oxygen atoms in total. The second-order valence-corrected chi connectivity index (χ2v) is 9.22. The van der Waals surface area contributed by atoms with E-state index in [0.29, 0.717) is 11.4 Å². The van der Waals surface area contributed by atoms with Crippen LogP contribution in [0.2, 0.25) is 0 Å². The van der Waals surface area contributed by atoms with Gasteiger partial charge in [0, 0.05) is 34.0 Å². The number of sulfonamides is 1. The predicted octanol–water partition coefficient (Wildman–Crippen LogP) is 4.13. The highest BCUT2D eigenvalue weighted by molar-refractivity contribution is 7.89. The minimum atomic E-state index is -3.86. The number of carbonyl (C=O) groups excluding carboxylic acids is 1. The highest BCUT2D eigenvalue weighted by atomic mass is 32.2. The Morgan fingerprint density at radius 2 is 1.69 bits per heavy atom. The molecule has 4 aromatic rings. The molecule has 8 heteroatoms. The molecule has 0 aliphatic rings. The van der Waals surface area contributed by atoms with Gasteiger partial charge in [0.2, 0.25) is 15.9 Å². The number of hydrogen-bond donors (Lipinski definition) is 2. The Kier molecular flexibility index (Phi) is 5.90. The van der Waals surface area contributed by atoms with Crippen LogP contribution in [0.15, 0.2) is 71.6 Å². The molecule has 0 unspecified atom stereocenters. The number of fused-ring (bicyclic) bond motifs is 3. The lowest BCUT2D eigenvalue weighted by atomic mass is 10.1. The standard InChI is InChI=1S/C24H25N3O4S/c1-4-27-22-8-6-5-7-20(22)21-15-17(9-14-23(21)27)25-24(28)16(2)26-32(29,30)19-12-10-18(31-3)11-13-19/h5-16,26H,4H2,1-3H3,(H,25,28)/t16-/m0/s1. The molecule has 0 aliphatic heterocycles. The monoisotopic (exact) mass is 451 g/mol. The Morgan fingerprint density at radius 1 is 1.00 bits per heavy atom. The van der Waals surface area contributed by atoms with Gasteiger partial charge in [-0.05, 0) is 62.4 Å². The molecule has 0 spiro atoms. The molecule has 0 fully saturated rings. The van der Waals surface area contributed by atoms with Gasteiger partial charge in [-0.15, -0.1) is 0 Å². The van der Waals surface area contributed by atoms with Gasteiger partial charge >= 0.3 is 0 Å². The Hall–Kier alpha value is -3.36.